The quantitative estimate of drug-likeness (QED) is 0.692. The van der Waals surface area contributed by atoms with E-state index in [1.807, 2.05) is 6.92 Å². The fraction of sp³-hybridized carbons (Fsp3) is 0.900. The number of carboxylic acids is 1. The molecule has 1 rings (SSSR count). The minimum Gasteiger partial charge on any atom is -0.480 e. The van der Waals surface area contributed by atoms with Crippen LogP contribution in [0.15, 0.2) is 0 Å². The molecule has 1 aliphatic heterocycles. The minimum atomic E-state index is -3.59. The number of carbonyl (C=O) groups is 1. The van der Waals surface area contributed by atoms with Gasteiger partial charge in [-0.3, -0.25) is 4.79 Å². The summed E-state index contributed by atoms with van der Waals surface area (Å²) in [5.41, 5.74) is 0. The van der Waals surface area contributed by atoms with E-state index in [4.69, 9.17) is 9.84 Å². The molecule has 0 aromatic rings. The van der Waals surface area contributed by atoms with Crippen LogP contribution in [-0.2, 0) is 19.6 Å². The van der Waals surface area contributed by atoms with Crippen molar-refractivity contribution >= 4 is 16.0 Å². The van der Waals surface area contributed by atoms with Crippen molar-refractivity contribution < 1.29 is 23.1 Å². The zero-order valence-electron chi connectivity index (χ0n) is 9.89. The van der Waals surface area contributed by atoms with Gasteiger partial charge in [0.1, 0.15) is 6.04 Å². The molecule has 2 N–H and O–H groups in total. The van der Waals surface area contributed by atoms with Crippen molar-refractivity contribution in [1.82, 2.24) is 4.72 Å². The summed E-state index contributed by atoms with van der Waals surface area (Å²) >= 11 is 0. The molecule has 1 heterocycles. The van der Waals surface area contributed by atoms with Gasteiger partial charge in [-0.25, -0.2) is 13.1 Å². The molecule has 1 fully saturated rings. The van der Waals surface area contributed by atoms with E-state index < -0.39 is 22.0 Å². The molecule has 0 aliphatic carbocycles. The largest absolute Gasteiger partial charge is 0.480 e. The lowest BCUT2D eigenvalue weighted by atomic mass is 10.2. The summed E-state index contributed by atoms with van der Waals surface area (Å²) in [5, 5.41) is 8.87. The molecule has 17 heavy (non-hydrogen) atoms. The van der Waals surface area contributed by atoms with Crippen LogP contribution in [0, 0.1) is 0 Å². The van der Waals surface area contributed by atoms with E-state index in [1.165, 1.54) is 0 Å². The van der Waals surface area contributed by atoms with Gasteiger partial charge >= 0.3 is 5.97 Å². The summed E-state index contributed by atoms with van der Waals surface area (Å²) in [7, 11) is -3.59. The second-order valence-electron chi connectivity index (χ2n) is 4.21. The highest BCUT2D eigenvalue weighted by atomic mass is 32.2. The van der Waals surface area contributed by atoms with Crippen molar-refractivity contribution in [3.63, 3.8) is 0 Å². The van der Waals surface area contributed by atoms with E-state index in [2.05, 4.69) is 4.72 Å². The van der Waals surface area contributed by atoms with E-state index >= 15 is 0 Å². The Bertz CT molecular complexity index is 348. The first kappa shape index (κ1) is 14.4. The predicted molar refractivity (Wildman–Crippen MR) is 62.2 cm³/mol. The molecule has 7 heteroatoms. The summed E-state index contributed by atoms with van der Waals surface area (Å²) in [6.07, 6.45) is 2.17. The topological polar surface area (TPSA) is 92.7 Å². The Labute approximate surface area is 101 Å². The Balaban J connectivity index is 2.53. The number of hydrogen-bond donors (Lipinski definition) is 2. The highest BCUT2D eigenvalue weighted by molar-refractivity contribution is 7.89. The summed E-state index contributed by atoms with van der Waals surface area (Å²) < 4.78 is 30.9. The third-order valence-electron chi connectivity index (χ3n) is 2.63. The maximum atomic E-state index is 11.7. The first-order chi connectivity index (χ1) is 7.94. The monoisotopic (exact) mass is 265 g/mol. The Morgan fingerprint density at radius 3 is 2.76 bits per heavy atom. The van der Waals surface area contributed by atoms with Gasteiger partial charge in [-0.05, 0) is 19.3 Å². The number of ether oxygens (including phenoxy) is 1. The molecule has 0 aromatic heterocycles. The van der Waals surface area contributed by atoms with Gasteiger partial charge in [0, 0.05) is 6.61 Å². The molecule has 6 nitrogen and oxygen atoms in total. The molecule has 0 saturated carbocycles. The van der Waals surface area contributed by atoms with Gasteiger partial charge in [0.25, 0.3) is 0 Å². The molecule has 1 unspecified atom stereocenters. The number of rotatable bonds is 7. The average molecular weight is 265 g/mol. The van der Waals surface area contributed by atoms with E-state index in [1.54, 1.807) is 0 Å². The van der Waals surface area contributed by atoms with E-state index in [0.717, 1.165) is 6.42 Å². The summed E-state index contributed by atoms with van der Waals surface area (Å²) in [6, 6.07) is -1.04. The van der Waals surface area contributed by atoms with Gasteiger partial charge in [-0.1, -0.05) is 13.3 Å². The molecule has 2 atom stereocenters. The number of carboxylic acid groups (broad SMARTS) is 1. The van der Waals surface area contributed by atoms with Gasteiger partial charge in [0.05, 0.1) is 11.9 Å². The molecule has 1 aliphatic rings. The average Bonchev–Trinajstić information content (AvgIpc) is 2.68. The molecule has 1 saturated heterocycles. The molecule has 0 spiro atoms. The maximum absolute atomic E-state index is 11.7. The Morgan fingerprint density at radius 2 is 2.29 bits per heavy atom. The van der Waals surface area contributed by atoms with Crippen LogP contribution in [0.1, 0.15) is 32.6 Å². The Morgan fingerprint density at radius 1 is 1.59 bits per heavy atom. The number of nitrogens with one attached hydrogen (secondary N) is 1. The summed E-state index contributed by atoms with van der Waals surface area (Å²) in [4.78, 5) is 10.8. The molecule has 100 valence electrons. The van der Waals surface area contributed by atoms with E-state index in [9.17, 15) is 13.2 Å². The third kappa shape index (κ3) is 5.01. The van der Waals surface area contributed by atoms with Crippen LogP contribution in [0.2, 0.25) is 0 Å². The second-order valence-corrected chi connectivity index (χ2v) is 6.01. The van der Waals surface area contributed by atoms with Crippen LogP contribution in [0.3, 0.4) is 0 Å². The van der Waals surface area contributed by atoms with Crippen LogP contribution in [0.5, 0.6) is 0 Å². The van der Waals surface area contributed by atoms with E-state index in [-0.39, 0.29) is 11.9 Å². The summed E-state index contributed by atoms with van der Waals surface area (Å²) in [6.45, 7) is 2.39. The van der Waals surface area contributed by atoms with E-state index in [0.29, 0.717) is 25.9 Å². The Hall–Kier alpha value is -0.660. The first-order valence-electron chi connectivity index (χ1n) is 5.79. The van der Waals surface area contributed by atoms with Crippen molar-refractivity contribution in [2.24, 2.45) is 0 Å². The lowest BCUT2D eigenvalue weighted by Crippen LogP contribution is -2.43. The number of aliphatic carboxylic acids is 1. The van der Waals surface area contributed by atoms with Crippen molar-refractivity contribution in [1.29, 1.82) is 0 Å². The zero-order chi connectivity index (χ0) is 12.9. The van der Waals surface area contributed by atoms with Crippen molar-refractivity contribution in [2.45, 2.75) is 44.8 Å². The van der Waals surface area contributed by atoms with Gasteiger partial charge < -0.3 is 9.84 Å². The van der Waals surface area contributed by atoms with Crippen molar-refractivity contribution in [3.05, 3.63) is 0 Å². The molecule has 0 radical (unpaired) electrons. The highest BCUT2D eigenvalue weighted by Crippen LogP contribution is 2.14. The molecule has 0 bridgehead atoms. The van der Waals surface area contributed by atoms with Gasteiger partial charge in [-0.2, -0.15) is 0 Å². The Kier molecular flexibility index (Phi) is 5.35. The van der Waals surface area contributed by atoms with Crippen molar-refractivity contribution in [3.8, 4) is 0 Å². The van der Waals surface area contributed by atoms with Gasteiger partial charge in [-0.15, -0.1) is 0 Å². The molecule has 0 amide bonds. The van der Waals surface area contributed by atoms with Crippen LogP contribution < -0.4 is 4.72 Å². The van der Waals surface area contributed by atoms with Gasteiger partial charge in [0.15, 0.2) is 0 Å². The SMILES string of the molecule is CCC[C@@H](NS(=O)(=O)CC1CCCO1)C(=O)O. The standard InChI is InChI=1S/C10H19NO5S/c1-2-4-9(10(12)13)11-17(14,15)7-8-5-3-6-16-8/h8-9,11H,2-7H2,1H3,(H,12,13)/t8?,9-/m1/s1. The van der Waals surface area contributed by atoms with Crippen LogP contribution in [0.25, 0.3) is 0 Å². The van der Waals surface area contributed by atoms with Crippen molar-refractivity contribution in [2.75, 3.05) is 12.4 Å². The summed E-state index contributed by atoms with van der Waals surface area (Å²) in [5.74, 6) is -1.29. The predicted octanol–water partition coefficient (Wildman–Crippen LogP) is 0.338. The molecular weight excluding hydrogens is 246 g/mol. The smallest absolute Gasteiger partial charge is 0.321 e. The maximum Gasteiger partial charge on any atom is 0.321 e. The first-order valence-corrected chi connectivity index (χ1v) is 7.44. The zero-order valence-corrected chi connectivity index (χ0v) is 10.7. The molecular formula is C10H19NO5S. The van der Waals surface area contributed by atoms with Crippen LogP contribution in [0.4, 0.5) is 0 Å². The van der Waals surface area contributed by atoms with Gasteiger partial charge in [0.2, 0.25) is 10.0 Å². The number of sulfonamides is 1. The van der Waals surface area contributed by atoms with Crippen LogP contribution >= 0.6 is 0 Å². The lowest BCUT2D eigenvalue weighted by Gasteiger charge is -2.16. The van der Waals surface area contributed by atoms with Crippen LogP contribution in [-0.4, -0.2) is 44.0 Å². The normalized spacial score (nSPS) is 22.5. The lowest BCUT2D eigenvalue weighted by molar-refractivity contribution is -0.139. The molecule has 0 aromatic carbocycles. The minimum absolute atomic E-state index is 0.152. The highest BCUT2D eigenvalue weighted by Gasteiger charge is 2.27. The fourth-order valence-corrected chi connectivity index (χ4v) is 3.31. The fourth-order valence-electron chi connectivity index (χ4n) is 1.81. The second kappa shape index (κ2) is 6.32. The third-order valence-corrected chi connectivity index (χ3v) is 4.08. The number of hydrogen-bond acceptors (Lipinski definition) is 4.